The van der Waals surface area contributed by atoms with Crippen molar-refractivity contribution >= 4 is 0 Å². The number of aromatic nitrogens is 2. The van der Waals surface area contributed by atoms with Crippen molar-refractivity contribution in [3.8, 4) is 0 Å². The molecular formula is C13H26N4. The Balaban J connectivity index is 2.43. The van der Waals surface area contributed by atoms with Crippen molar-refractivity contribution in [2.75, 3.05) is 13.6 Å². The van der Waals surface area contributed by atoms with Gasteiger partial charge in [0.2, 0.25) is 0 Å². The van der Waals surface area contributed by atoms with E-state index in [4.69, 9.17) is 5.73 Å². The zero-order chi connectivity index (χ0) is 12.8. The van der Waals surface area contributed by atoms with Crippen LogP contribution in [0.25, 0.3) is 0 Å². The van der Waals surface area contributed by atoms with E-state index in [-0.39, 0.29) is 6.04 Å². The first-order valence-electron chi connectivity index (χ1n) is 6.51. The Morgan fingerprint density at radius 3 is 2.76 bits per heavy atom. The molecule has 4 nitrogen and oxygen atoms in total. The predicted molar refractivity (Wildman–Crippen MR) is 71.8 cm³/mol. The van der Waals surface area contributed by atoms with Crippen LogP contribution in [0.1, 0.15) is 45.3 Å². The number of hydrogen-bond donors (Lipinski definition) is 1. The summed E-state index contributed by atoms with van der Waals surface area (Å²) in [6.45, 7) is 8.34. The molecule has 0 saturated carbocycles. The molecule has 98 valence electrons. The maximum atomic E-state index is 5.75. The van der Waals surface area contributed by atoms with Gasteiger partial charge in [-0.15, -0.1) is 0 Å². The van der Waals surface area contributed by atoms with Crippen LogP contribution in [0.4, 0.5) is 0 Å². The Bertz CT molecular complexity index is 319. The first-order valence-corrected chi connectivity index (χ1v) is 6.51. The molecule has 0 bridgehead atoms. The second kappa shape index (κ2) is 6.77. The highest BCUT2D eigenvalue weighted by Crippen LogP contribution is 2.10. The molecular weight excluding hydrogens is 212 g/mol. The van der Waals surface area contributed by atoms with Crippen LogP contribution < -0.4 is 5.73 Å². The standard InChI is InChI=1S/C13H26N4/c1-5-12(3)17-9-7-13(15-17)10-16(4)8-6-11(2)14/h7,9,11-12H,5-6,8,10,14H2,1-4H3. The van der Waals surface area contributed by atoms with Gasteiger partial charge in [-0.2, -0.15) is 5.10 Å². The molecule has 0 saturated heterocycles. The van der Waals surface area contributed by atoms with Gasteiger partial charge in [0.1, 0.15) is 0 Å². The summed E-state index contributed by atoms with van der Waals surface area (Å²) < 4.78 is 2.05. The highest BCUT2D eigenvalue weighted by molar-refractivity contribution is 4.99. The Morgan fingerprint density at radius 1 is 1.47 bits per heavy atom. The lowest BCUT2D eigenvalue weighted by Gasteiger charge is -2.16. The summed E-state index contributed by atoms with van der Waals surface area (Å²) in [7, 11) is 2.12. The monoisotopic (exact) mass is 238 g/mol. The molecule has 1 aromatic rings. The van der Waals surface area contributed by atoms with Gasteiger partial charge in [-0.25, -0.2) is 0 Å². The molecule has 0 aliphatic carbocycles. The summed E-state index contributed by atoms with van der Waals surface area (Å²) in [5.41, 5.74) is 6.89. The van der Waals surface area contributed by atoms with E-state index in [0.29, 0.717) is 6.04 Å². The van der Waals surface area contributed by atoms with Crippen LogP contribution in [0.5, 0.6) is 0 Å². The third-order valence-electron chi connectivity index (χ3n) is 3.10. The van der Waals surface area contributed by atoms with Crippen molar-refractivity contribution in [1.82, 2.24) is 14.7 Å². The smallest absolute Gasteiger partial charge is 0.0764 e. The van der Waals surface area contributed by atoms with E-state index in [1.54, 1.807) is 0 Å². The summed E-state index contributed by atoms with van der Waals surface area (Å²) in [6, 6.07) is 2.86. The quantitative estimate of drug-likeness (QED) is 0.790. The highest BCUT2D eigenvalue weighted by atomic mass is 15.3. The fraction of sp³-hybridized carbons (Fsp3) is 0.769. The van der Waals surface area contributed by atoms with E-state index in [0.717, 1.165) is 31.6 Å². The molecule has 0 aliphatic heterocycles. The van der Waals surface area contributed by atoms with Gasteiger partial charge in [0.15, 0.2) is 0 Å². The van der Waals surface area contributed by atoms with E-state index in [1.165, 1.54) is 0 Å². The summed E-state index contributed by atoms with van der Waals surface area (Å²) in [5, 5.41) is 4.59. The molecule has 1 aromatic heterocycles. The van der Waals surface area contributed by atoms with Crippen LogP contribution in [-0.2, 0) is 6.54 Å². The lowest BCUT2D eigenvalue weighted by atomic mass is 10.2. The van der Waals surface area contributed by atoms with Gasteiger partial charge in [-0.3, -0.25) is 4.68 Å². The fourth-order valence-electron chi connectivity index (χ4n) is 1.67. The van der Waals surface area contributed by atoms with Gasteiger partial charge in [0, 0.05) is 24.8 Å². The number of nitrogens with zero attached hydrogens (tertiary/aromatic N) is 3. The molecule has 17 heavy (non-hydrogen) atoms. The lowest BCUT2D eigenvalue weighted by molar-refractivity contribution is 0.307. The molecule has 1 heterocycles. The van der Waals surface area contributed by atoms with Gasteiger partial charge in [0.25, 0.3) is 0 Å². The minimum atomic E-state index is 0.273. The predicted octanol–water partition coefficient (Wildman–Crippen LogP) is 2.02. The van der Waals surface area contributed by atoms with E-state index < -0.39 is 0 Å². The van der Waals surface area contributed by atoms with Crippen molar-refractivity contribution < 1.29 is 0 Å². The maximum Gasteiger partial charge on any atom is 0.0764 e. The molecule has 1 rings (SSSR count). The van der Waals surface area contributed by atoms with Crippen molar-refractivity contribution in [3.63, 3.8) is 0 Å². The van der Waals surface area contributed by atoms with Crippen LogP contribution >= 0.6 is 0 Å². The molecule has 0 aromatic carbocycles. The molecule has 0 amide bonds. The zero-order valence-electron chi connectivity index (χ0n) is 11.6. The van der Waals surface area contributed by atoms with Crippen molar-refractivity contribution in [2.24, 2.45) is 5.73 Å². The summed E-state index contributed by atoms with van der Waals surface area (Å²) in [6.07, 6.45) is 4.22. The Labute approximate surface area is 105 Å². The van der Waals surface area contributed by atoms with E-state index in [9.17, 15) is 0 Å². The summed E-state index contributed by atoms with van der Waals surface area (Å²) in [4.78, 5) is 2.27. The normalized spacial score (nSPS) is 15.2. The lowest BCUT2D eigenvalue weighted by Crippen LogP contribution is -2.26. The minimum absolute atomic E-state index is 0.273. The third kappa shape index (κ3) is 4.88. The zero-order valence-corrected chi connectivity index (χ0v) is 11.6. The van der Waals surface area contributed by atoms with Crippen LogP contribution in [0, 0.1) is 0 Å². The first kappa shape index (κ1) is 14.2. The maximum absolute atomic E-state index is 5.75. The van der Waals surface area contributed by atoms with E-state index in [2.05, 4.69) is 47.8 Å². The second-order valence-electron chi connectivity index (χ2n) is 5.05. The molecule has 0 aliphatic rings. The van der Waals surface area contributed by atoms with Gasteiger partial charge < -0.3 is 10.6 Å². The van der Waals surface area contributed by atoms with Crippen LogP contribution in [-0.4, -0.2) is 34.3 Å². The summed E-state index contributed by atoms with van der Waals surface area (Å²) >= 11 is 0. The van der Waals surface area contributed by atoms with Crippen molar-refractivity contribution in [2.45, 2.75) is 52.2 Å². The fourth-order valence-corrected chi connectivity index (χ4v) is 1.67. The first-order chi connectivity index (χ1) is 8.02. The topological polar surface area (TPSA) is 47.1 Å². The number of hydrogen-bond acceptors (Lipinski definition) is 3. The molecule has 0 fully saturated rings. The van der Waals surface area contributed by atoms with E-state index >= 15 is 0 Å². The Morgan fingerprint density at radius 2 is 2.18 bits per heavy atom. The van der Waals surface area contributed by atoms with E-state index in [1.807, 2.05) is 6.92 Å². The molecule has 2 atom stereocenters. The molecule has 4 heteroatoms. The largest absolute Gasteiger partial charge is 0.328 e. The molecule has 0 spiro atoms. The van der Waals surface area contributed by atoms with Crippen LogP contribution in [0.2, 0.25) is 0 Å². The number of nitrogens with two attached hydrogens (primary N) is 1. The molecule has 0 radical (unpaired) electrons. The van der Waals surface area contributed by atoms with Gasteiger partial charge >= 0.3 is 0 Å². The van der Waals surface area contributed by atoms with Gasteiger partial charge in [0.05, 0.1) is 5.69 Å². The van der Waals surface area contributed by atoms with Gasteiger partial charge in [-0.1, -0.05) is 6.92 Å². The molecule has 2 N–H and O–H groups in total. The Kier molecular flexibility index (Phi) is 5.65. The van der Waals surface area contributed by atoms with Gasteiger partial charge in [-0.05, 0) is 46.3 Å². The molecule has 2 unspecified atom stereocenters. The second-order valence-corrected chi connectivity index (χ2v) is 5.05. The van der Waals surface area contributed by atoms with Crippen LogP contribution in [0.3, 0.4) is 0 Å². The number of rotatable bonds is 7. The average Bonchev–Trinajstić information content (AvgIpc) is 2.73. The highest BCUT2D eigenvalue weighted by Gasteiger charge is 2.07. The SMILES string of the molecule is CCC(C)n1ccc(CN(C)CCC(C)N)n1. The van der Waals surface area contributed by atoms with Crippen molar-refractivity contribution in [3.05, 3.63) is 18.0 Å². The van der Waals surface area contributed by atoms with Crippen molar-refractivity contribution in [1.29, 1.82) is 0 Å². The van der Waals surface area contributed by atoms with Crippen LogP contribution in [0.15, 0.2) is 12.3 Å². The Hall–Kier alpha value is -0.870. The third-order valence-corrected chi connectivity index (χ3v) is 3.10. The summed E-state index contributed by atoms with van der Waals surface area (Å²) in [5.74, 6) is 0. The average molecular weight is 238 g/mol. The minimum Gasteiger partial charge on any atom is -0.328 e.